The number of aryl methyl sites for hydroxylation is 2. The van der Waals surface area contributed by atoms with Crippen LogP contribution in [0.1, 0.15) is 17.5 Å². The Morgan fingerprint density at radius 2 is 2.16 bits per heavy atom. The summed E-state index contributed by atoms with van der Waals surface area (Å²) in [5.74, 6) is 0.159. The third kappa shape index (κ3) is 3.58. The van der Waals surface area contributed by atoms with Gasteiger partial charge in [0.05, 0.1) is 0 Å². The first-order chi connectivity index (χ1) is 9.08. The average molecular weight is 260 g/mol. The summed E-state index contributed by atoms with van der Waals surface area (Å²) in [5.41, 5.74) is 3.04. The summed E-state index contributed by atoms with van der Waals surface area (Å²) in [5, 5.41) is 14.8. The maximum absolute atomic E-state index is 11.9. The third-order valence-corrected chi connectivity index (χ3v) is 3.35. The van der Waals surface area contributed by atoms with Gasteiger partial charge in [-0.05, 0) is 31.9 Å². The molecule has 0 saturated carbocycles. The van der Waals surface area contributed by atoms with Crippen molar-refractivity contribution in [3.05, 3.63) is 41.5 Å². The van der Waals surface area contributed by atoms with Crippen molar-refractivity contribution in [3.8, 4) is 0 Å². The van der Waals surface area contributed by atoms with Crippen LogP contribution < -0.4 is 10.6 Å². The minimum absolute atomic E-state index is 0.00269. The van der Waals surface area contributed by atoms with Gasteiger partial charge in [0.15, 0.2) is 0 Å². The van der Waals surface area contributed by atoms with Crippen molar-refractivity contribution < 1.29 is 9.90 Å². The molecule has 0 unspecified atom stereocenters. The first kappa shape index (κ1) is 13.6. The molecule has 1 aliphatic rings. The van der Waals surface area contributed by atoms with E-state index in [1.807, 2.05) is 44.2 Å². The monoisotopic (exact) mass is 260 g/mol. The van der Waals surface area contributed by atoms with E-state index in [0.717, 1.165) is 17.7 Å². The number of carbonyl (C=O) groups excluding carboxylic acids is 1. The Morgan fingerprint density at radius 1 is 1.37 bits per heavy atom. The highest BCUT2D eigenvalue weighted by molar-refractivity contribution is 5.90. The second kappa shape index (κ2) is 5.89. The first-order valence-corrected chi connectivity index (χ1v) is 6.52. The normalized spacial score (nSPS) is 21.4. The van der Waals surface area contributed by atoms with Crippen molar-refractivity contribution in [1.29, 1.82) is 0 Å². The van der Waals surface area contributed by atoms with Crippen LogP contribution in [0.15, 0.2) is 30.4 Å². The summed E-state index contributed by atoms with van der Waals surface area (Å²) in [6.45, 7) is 4.13. The molecule has 19 heavy (non-hydrogen) atoms. The fraction of sp³-hybridized carbons (Fsp3) is 0.400. The molecule has 2 atom stereocenters. The molecule has 0 saturated heterocycles. The van der Waals surface area contributed by atoms with Crippen LogP contribution in [0.4, 0.5) is 10.5 Å². The second-order valence-electron chi connectivity index (χ2n) is 5.09. The van der Waals surface area contributed by atoms with Crippen molar-refractivity contribution in [1.82, 2.24) is 5.32 Å². The Kier molecular flexibility index (Phi) is 4.22. The van der Waals surface area contributed by atoms with E-state index in [1.54, 1.807) is 0 Å². The Hall–Kier alpha value is -1.81. The number of urea groups is 1. The molecule has 1 aromatic rings. The summed E-state index contributed by atoms with van der Waals surface area (Å²) in [6, 6.07) is 5.71. The number of aliphatic hydroxyl groups excluding tert-OH is 1. The number of hydrogen-bond acceptors (Lipinski definition) is 2. The number of amides is 2. The van der Waals surface area contributed by atoms with E-state index in [1.165, 1.54) is 5.56 Å². The van der Waals surface area contributed by atoms with Crippen molar-refractivity contribution in [3.63, 3.8) is 0 Å². The summed E-state index contributed by atoms with van der Waals surface area (Å²) in [7, 11) is 0. The van der Waals surface area contributed by atoms with Gasteiger partial charge in [0.25, 0.3) is 0 Å². The van der Waals surface area contributed by atoms with Gasteiger partial charge in [-0.15, -0.1) is 0 Å². The van der Waals surface area contributed by atoms with Crippen LogP contribution >= 0.6 is 0 Å². The molecule has 102 valence electrons. The standard InChI is InChI=1S/C15H20N2O2/c1-10-3-6-14(11(2)7-10)17-15(19)16-13-5-4-12(8-13)9-18/h3-7,12-13,18H,8-9H2,1-2H3,(H2,16,17,19)/t12-,13+/m0/s1. The van der Waals surface area contributed by atoms with Crippen LogP contribution in [0.3, 0.4) is 0 Å². The van der Waals surface area contributed by atoms with Crippen molar-refractivity contribution >= 4 is 11.7 Å². The first-order valence-electron chi connectivity index (χ1n) is 6.52. The van der Waals surface area contributed by atoms with Gasteiger partial charge in [0, 0.05) is 24.3 Å². The zero-order valence-electron chi connectivity index (χ0n) is 11.3. The fourth-order valence-electron chi connectivity index (χ4n) is 2.30. The number of rotatable bonds is 3. The lowest BCUT2D eigenvalue weighted by Gasteiger charge is -2.15. The van der Waals surface area contributed by atoms with E-state index in [4.69, 9.17) is 5.11 Å². The highest BCUT2D eigenvalue weighted by Gasteiger charge is 2.19. The largest absolute Gasteiger partial charge is 0.396 e. The summed E-state index contributed by atoms with van der Waals surface area (Å²) < 4.78 is 0. The number of hydrogen-bond donors (Lipinski definition) is 3. The maximum Gasteiger partial charge on any atom is 0.319 e. The lowest BCUT2D eigenvalue weighted by Crippen LogP contribution is -2.36. The average Bonchev–Trinajstić information content (AvgIpc) is 2.80. The fourth-order valence-corrected chi connectivity index (χ4v) is 2.30. The lowest BCUT2D eigenvalue weighted by atomic mass is 10.1. The highest BCUT2D eigenvalue weighted by atomic mass is 16.3. The van der Waals surface area contributed by atoms with Crippen molar-refractivity contribution in [2.45, 2.75) is 26.3 Å². The van der Waals surface area contributed by atoms with E-state index in [9.17, 15) is 4.79 Å². The molecule has 0 spiro atoms. The number of carbonyl (C=O) groups is 1. The molecule has 2 amide bonds. The minimum Gasteiger partial charge on any atom is -0.396 e. The molecule has 0 bridgehead atoms. The molecular formula is C15H20N2O2. The summed E-state index contributed by atoms with van der Waals surface area (Å²) >= 11 is 0. The highest BCUT2D eigenvalue weighted by Crippen LogP contribution is 2.18. The van der Waals surface area contributed by atoms with Crippen LogP contribution in [0, 0.1) is 19.8 Å². The quantitative estimate of drug-likeness (QED) is 0.731. The van der Waals surface area contributed by atoms with Crippen LogP contribution in [0.2, 0.25) is 0 Å². The number of aliphatic hydroxyl groups is 1. The van der Waals surface area contributed by atoms with E-state index in [0.29, 0.717) is 0 Å². The van der Waals surface area contributed by atoms with Gasteiger partial charge in [0.1, 0.15) is 0 Å². The topological polar surface area (TPSA) is 61.4 Å². The van der Waals surface area contributed by atoms with Crippen LogP contribution in [-0.2, 0) is 0 Å². The number of nitrogens with one attached hydrogen (secondary N) is 2. The molecule has 0 radical (unpaired) electrons. The molecule has 3 N–H and O–H groups in total. The van der Waals surface area contributed by atoms with Gasteiger partial charge in [0.2, 0.25) is 0 Å². The molecular weight excluding hydrogens is 240 g/mol. The second-order valence-corrected chi connectivity index (χ2v) is 5.09. The van der Waals surface area contributed by atoms with E-state index >= 15 is 0 Å². The molecule has 2 rings (SSSR count). The van der Waals surface area contributed by atoms with E-state index in [-0.39, 0.29) is 24.6 Å². The molecule has 0 aromatic heterocycles. The van der Waals surface area contributed by atoms with E-state index < -0.39 is 0 Å². The van der Waals surface area contributed by atoms with E-state index in [2.05, 4.69) is 10.6 Å². The Balaban J connectivity index is 1.90. The smallest absolute Gasteiger partial charge is 0.319 e. The predicted octanol–water partition coefficient (Wildman–Crippen LogP) is 2.36. The Bertz CT molecular complexity index is 497. The Labute approximate surface area is 113 Å². The molecule has 0 heterocycles. The zero-order chi connectivity index (χ0) is 13.8. The third-order valence-electron chi connectivity index (χ3n) is 3.35. The molecule has 1 aromatic carbocycles. The molecule has 1 aliphatic carbocycles. The van der Waals surface area contributed by atoms with Crippen molar-refractivity contribution in [2.24, 2.45) is 5.92 Å². The SMILES string of the molecule is Cc1ccc(NC(=O)N[C@@H]2C=C[C@H](CO)C2)c(C)c1. The van der Waals surface area contributed by atoms with Crippen LogP contribution in [0.5, 0.6) is 0 Å². The zero-order valence-corrected chi connectivity index (χ0v) is 11.3. The van der Waals surface area contributed by atoms with Gasteiger partial charge in [-0.3, -0.25) is 0 Å². The Morgan fingerprint density at radius 3 is 2.79 bits per heavy atom. The number of benzene rings is 1. The van der Waals surface area contributed by atoms with Crippen LogP contribution in [-0.4, -0.2) is 23.8 Å². The number of anilines is 1. The molecule has 0 aliphatic heterocycles. The lowest BCUT2D eigenvalue weighted by molar-refractivity contribution is 0.238. The van der Waals surface area contributed by atoms with Gasteiger partial charge >= 0.3 is 6.03 Å². The summed E-state index contributed by atoms with van der Waals surface area (Å²) in [6.07, 6.45) is 4.64. The predicted molar refractivity (Wildman–Crippen MR) is 76.2 cm³/mol. The van der Waals surface area contributed by atoms with Gasteiger partial charge in [-0.1, -0.05) is 29.8 Å². The minimum atomic E-state index is -0.208. The maximum atomic E-state index is 11.9. The van der Waals surface area contributed by atoms with Gasteiger partial charge in [-0.2, -0.15) is 0 Å². The summed E-state index contributed by atoms with van der Waals surface area (Å²) in [4.78, 5) is 11.9. The molecule has 4 nitrogen and oxygen atoms in total. The van der Waals surface area contributed by atoms with Gasteiger partial charge in [-0.25, -0.2) is 4.79 Å². The molecule has 4 heteroatoms. The molecule has 0 fully saturated rings. The van der Waals surface area contributed by atoms with Crippen molar-refractivity contribution in [2.75, 3.05) is 11.9 Å². The van der Waals surface area contributed by atoms with Crippen LogP contribution in [0.25, 0.3) is 0 Å². The van der Waals surface area contributed by atoms with Gasteiger partial charge < -0.3 is 15.7 Å².